The topological polar surface area (TPSA) is 45.1 Å². The van der Waals surface area contributed by atoms with Gasteiger partial charge in [0, 0.05) is 5.56 Å². The predicted molar refractivity (Wildman–Crippen MR) is 81.5 cm³/mol. The number of fused-ring (bicyclic) bond motifs is 1. The average Bonchev–Trinajstić information content (AvgIpc) is 2.75. The van der Waals surface area contributed by atoms with Gasteiger partial charge in [-0.25, -0.2) is 4.98 Å². The van der Waals surface area contributed by atoms with E-state index in [-0.39, 0.29) is 6.04 Å². The number of aromatic nitrogens is 1. The summed E-state index contributed by atoms with van der Waals surface area (Å²) in [4.78, 5) is 4.08. The van der Waals surface area contributed by atoms with Crippen molar-refractivity contribution in [3.05, 3.63) is 52.3 Å². The molecule has 1 aromatic carbocycles. The zero-order valence-corrected chi connectivity index (χ0v) is 12.3. The fourth-order valence-corrected chi connectivity index (χ4v) is 3.25. The van der Waals surface area contributed by atoms with E-state index in [0.717, 1.165) is 17.7 Å². The van der Waals surface area contributed by atoms with Crippen LogP contribution >= 0.6 is 11.6 Å². The molecule has 20 heavy (non-hydrogen) atoms. The van der Waals surface area contributed by atoms with Crippen LogP contribution in [0, 0.1) is 6.92 Å². The van der Waals surface area contributed by atoms with E-state index in [4.69, 9.17) is 11.6 Å². The smallest absolute Gasteiger partial charge is 0.129 e. The Bertz CT molecular complexity index is 640. The Morgan fingerprint density at radius 1 is 1.25 bits per heavy atom. The molecule has 0 fully saturated rings. The summed E-state index contributed by atoms with van der Waals surface area (Å²) in [5.41, 5.74) is 4.45. The third-order valence-electron chi connectivity index (χ3n) is 3.98. The fraction of sp³-hybridized carbons (Fsp3) is 0.312. The molecule has 3 rings (SSSR count). The van der Waals surface area contributed by atoms with Crippen molar-refractivity contribution in [2.75, 3.05) is 5.32 Å². The highest BCUT2D eigenvalue weighted by Crippen LogP contribution is 2.47. The molecule has 0 saturated carbocycles. The Kier molecular flexibility index (Phi) is 3.30. The van der Waals surface area contributed by atoms with E-state index >= 15 is 0 Å². The van der Waals surface area contributed by atoms with Gasteiger partial charge in [0.15, 0.2) is 0 Å². The monoisotopic (exact) mass is 288 g/mol. The molecule has 0 amide bonds. The molecule has 2 aromatic rings. The summed E-state index contributed by atoms with van der Waals surface area (Å²) in [6, 6.07) is 7.55. The molecular weight excluding hydrogens is 272 g/mol. The highest BCUT2D eigenvalue weighted by atomic mass is 35.5. The second-order valence-electron chi connectivity index (χ2n) is 5.43. The molecule has 4 heteroatoms. The van der Waals surface area contributed by atoms with Crippen molar-refractivity contribution in [1.29, 1.82) is 0 Å². The highest BCUT2D eigenvalue weighted by Gasteiger charge is 2.32. The first-order chi connectivity index (χ1) is 9.56. The Hall–Kier alpha value is -1.74. The molecule has 1 aliphatic rings. The molecule has 0 radical (unpaired) electrons. The van der Waals surface area contributed by atoms with Crippen molar-refractivity contribution >= 4 is 17.3 Å². The van der Waals surface area contributed by atoms with Crippen LogP contribution in [0.15, 0.2) is 30.5 Å². The minimum Gasteiger partial charge on any atom is -0.508 e. The number of aryl methyl sites for hydroxylation is 1. The van der Waals surface area contributed by atoms with E-state index < -0.39 is 0 Å². The highest BCUT2D eigenvalue weighted by molar-refractivity contribution is 6.29. The Morgan fingerprint density at radius 3 is 2.75 bits per heavy atom. The van der Waals surface area contributed by atoms with Crippen LogP contribution in [0.1, 0.15) is 42.0 Å². The molecule has 2 N–H and O–H groups in total. The van der Waals surface area contributed by atoms with Gasteiger partial charge in [0.05, 0.1) is 17.9 Å². The Morgan fingerprint density at radius 2 is 2.05 bits per heavy atom. The van der Waals surface area contributed by atoms with Crippen molar-refractivity contribution in [3.8, 4) is 5.75 Å². The molecular formula is C16H17ClN2O. The van der Waals surface area contributed by atoms with Gasteiger partial charge in [0.1, 0.15) is 10.9 Å². The maximum atomic E-state index is 10.2. The van der Waals surface area contributed by atoms with Crippen molar-refractivity contribution < 1.29 is 5.11 Å². The van der Waals surface area contributed by atoms with Crippen LogP contribution in [0.25, 0.3) is 0 Å². The lowest BCUT2D eigenvalue weighted by atomic mass is 9.97. The van der Waals surface area contributed by atoms with Crippen LogP contribution < -0.4 is 5.32 Å². The predicted octanol–water partition coefficient (Wildman–Crippen LogP) is 4.41. The Labute approximate surface area is 123 Å². The molecule has 2 unspecified atom stereocenters. The summed E-state index contributed by atoms with van der Waals surface area (Å²) in [7, 11) is 0. The van der Waals surface area contributed by atoms with Crippen molar-refractivity contribution in [1.82, 2.24) is 4.98 Å². The SMILES string of the molecule is Cc1ccc(O)c2c1C(C)CC2Nc1ccc(Cl)nc1. The lowest BCUT2D eigenvalue weighted by molar-refractivity contribution is 0.465. The van der Waals surface area contributed by atoms with Gasteiger partial charge in [-0.15, -0.1) is 0 Å². The number of halogens is 1. The van der Waals surface area contributed by atoms with Gasteiger partial charge < -0.3 is 10.4 Å². The number of rotatable bonds is 2. The van der Waals surface area contributed by atoms with Crippen LogP contribution in [-0.2, 0) is 0 Å². The average molecular weight is 289 g/mol. The second kappa shape index (κ2) is 4.98. The van der Waals surface area contributed by atoms with Crippen molar-refractivity contribution in [3.63, 3.8) is 0 Å². The summed E-state index contributed by atoms with van der Waals surface area (Å²) in [6.45, 7) is 4.30. The number of hydrogen-bond donors (Lipinski definition) is 2. The fourth-order valence-electron chi connectivity index (χ4n) is 3.14. The molecule has 0 bridgehead atoms. The number of aromatic hydroxyl groups is 1. The van der Waals surface area contributed by atoms with Crippen LogP contribution in [0.2, 0.25) is 5.15 Å². The molecule has 0 saturated heterocycles. The van der Waals surface area contributed by atoms with Crippen LogP contribution in [0.4, 0.5) is 5.69 Å². The van der Waals surface area contributed by atoms with Gasteiger partial charge in [0.2, 0.25) is 0 Å². The third-order valence-corrected chi connectivity index (χ3v) is 4.20. The summed E-state index contributed by atoms with van der Waals surface area (Å²) in [5.74, 6) is 0.809. The van der Waals surface area contributed by atoms with Gasteiger partial charge in [0.25, 0.3) is 0 Å². The normalized spacial score (nSPS) is 20.8. The van der Waals surface area contributed by atoms with Gasteiger partial charge in [-0.05, 0) is 48.6 Å². The van der Waals surface area contributed by atoms with E-state index in [0.29, 0.717) is 16.8 Å². The number of benzene rings is 1. The first-order valence-corrected chi connectivity index (χ1v) is 7.14. The number of hydrogen-bond acceptors (Lipinski definition) is 3. The number of nitrogens with zero attached hydrogens (tertiary/aromatic N) is 1. The number of pyridine rings is 1. The molecule has 104 valence electrons. The number of phenolic OH excluding ortho intramolecular Hbond substituents is 1. The molecule has 2 atom stereocenters. The summed E-state index contributed by atoms with van der Waals surface area (Å²) >= 11 is 5.80. The first-order valence-electron chi connectivity index (χ1n) is 6.76. The standard InChI is InChI=1S/C16H17ClN2O/c1-9-3-5-13(20)16-12(7-10(2)15(9)16)19-11-4-6-14(17)18-8-11/h3-6,8,10,12,19-20H,7H2,1-2H3. The lowest BCUT2D eigenvalue weighted by Crippen LogP contribution is -2.07. The summed E-state index contributed by atoms with van der Waals surface area (Å²) in [6.07, 6.45) is 2.69. The quantitative estimate of drug-likeness (QED) is 0.805. The van der Waals surface area contributed by atoms with E-state index in [1.807, 2.05) is 12.1 Å². The molecule has 1 aromatic heterocycles. The van der Waals surface area contributed by atoms with Gasteiger partial charge in [-0.1, -0.05) is 24.6 Å². The maximum absolute atomic E-state index is 10.2. The van der Waals surface area contributed by atoms with Crippen molar-refractivity contribution in [2.45, 2.75) is 32.2 Å². The van der Waals surface area contributed by atoms with E-state index in [1.54, 1.807) is 18.3 Å². The van der Waals surface area contributed by atoms with Crippen LogP contribution in [0.5, 0.6) is 5.75 Å². The summed E-state index contributed by atoms with van der Waals surface area (Å²) in [5, 5.41) is 14.1. The van der Waals surface area contributed by atoms with Gasteiger partial charge in [-0.3, -0.25) is 0 Å². The first kappa shape index (κ1) is 13.3. The van der Waals surface area contributed by atoms with Crippen LogP contribution in [-0.4, -0.2) is 10.1 Å². The molecule has 1 heterocycles. The molecule has 0 spiro atoms. The Balaban J connectivity index is 1.95. The summed E-state index contributed by atoms with van der Waals surface area (Å²) < 4.78 is 0. The molecule has 3 nitrogen and oxygen atoms in total. The van der Waals surface area contributed by atoms with E-state index in [2.05, 4.69) is 24.1 Å². The number of anilines is 1. The molecule has 1 aliphatic carbocycles. The lowest BCUT2D eigenvalue weighted by Gasteiger charge is -2.17. The number of phenols is 1. The molecule has 0 aliphatic heterocycles. The largest absolute Gasteiger partial charge is 0.508 e. The van der Waals surface area contributed by atoms with E-state index in [1.165, 1.54) is 11.1 Å². The van der Waals surface area contributed by atoms with Crippen molar-refractivity contribution in [2.24, 2.45) is 0 Å². The van der Waals surface area contributed by atoms with Crippen LogP contribution in [0.3, 0.4) is 0 Å². The minimum atomic E-state index is 0.114. The minimum absolute atomic E-state index is 0.114. The van der Waals surface area contributed by atoms with E-state index in [9.17, 15) is 5.11 Å². The number of nitrogens with one attached hydrogen (secondary N) is 1. The maximum Gasteiger partial charge on any atom is 0.129 e. The zero-order chi connectivity index (χ0) is 14.3. The van der Waals surface area contributed by atoms with Gasteiger partial charge in [-0.2, -0.15) is 0 Å². The third kappa shape index (κ3) is 2.22. The zero-order valence-electron chi connectivity index (χ0n) is 11.5. The second-order valence-corrected chi connectivity index (χ2v) is 5.82. The van der Waals surface area contributed by atoms with Gasteiger partial charge >= 0.3 is 0 Å².